The van der Waals surface area contributed by atoms with Crippen LogP contribution < -0.4 is 0 Å². The summed E-state index contributed by atoms with van der Waals surface area (Å²) >= 11 is 0. The van der Waals surface area contributed by atoms with Crippen LogP contribution in [0.15, 0.2) is 11.6 Å². The van der Waals surface area contributed by atoms with Crippen molar-refractivity contribution in [1.29, 1.82) is 0 Å². The summed E-state index contributed by atoms with van der Waals surface area (Å²) in [5.74, 6) is -1.01. The number of aliphatic hydroxyl groups excluding tert-OH is 17. The summed E-state index contributed by atoms with van der Waals surface area (Å²) in [6, 6.07) is 0. The van der Waals surface area contributed by atoms with E-state index in [1.165, 1.54) is 13.8 Å². The predicted molar refractivity (Wildman–Crippen MR) is 315 cm³/mol. The van der Waals surface area contributed by atoms with Gasteiger partial charge in [0.05, 0.1) is 56.8 Å². The Balaban J connectivity index is 0.771. The van der Waals surface area contributed by atoms with Gasteiger partial charge in [-0.2, -0.15) is 0 Å². The molecule has 0 aromatic carbocycles. The van der Waals surface area contributed by atoms with Crippen LogP contribution >= 0.6 is 0 Å². The van der Waals surface area contributed by atoms with E-state index in [1.54, 1.807) is 0 Å². The Morgan fingerprint density at radius 2 is 1.09 bits per heavy atom. The maximum absolute atomic E-state index is 15.3. The van der Waals surface area contributed by atoms with Crippen LogP contribution in [0.1, 0.15) is 120 Å². The lowest BCUT2D eigenvalue weighted by atomic mass is 9.33. The van der Waals surface area contributed by atoms with Crippen molar-refractivity contribution < 1.29 is 148 Å². The highest BCUT2D eigenvalue weighted by Crippen LogP contribution is 2.76. The molecule has 0 unspecified atom stereocenters. The van der Waals surface area contributed by atoms with Gasteiger partial charge in [-0.15, -0.1) is 0 Å². The Morgan fingerprint density at radius 1 is 0.511 bits per heavy atom. The van der Waals surface area contributed by atoms with Gasteiger partial charge in [-0.05, 0) is 117 Å². The smallest absolute Gasteiger partial charge is 0.315 e. The van der Waals surface area contributed by atoms with E-state index in [1.807, 2.05) is 6.92 Å². The molecular weight excluding hydrogens is 1250 g/mol. The van der Waals surface area contributed by atoms with Crippen LogP contribution in [0.3, 0.4) is 0 Å². The third-order valence-electron chi connectivity index (χ3n) is 24.9. The van der Waals surface area contributed by atoms with E-state index in [-0.39, 0.29) is 47.2 Å². The third kappa shape index (κ3) is 12.5. The molecule has 6 saturated heterocycles. The number of esters is 1. The zero-order valence-corrected chi connectivity index (χ0v) is 54.6. The maximum atomic E-state index is 15.3. The number of ether oxygens (including phenoxy) is 12. The molecule has 30 heteroatoms. The number of fused-ring (bicyclic) bond motifs is 7. The lowest BCUT2D eigenvalue weighted by Gasteiger charge is -2.71. The second-order valence-electron chi connectivity index (χ2n) is 30.8. The van der Waals surface area contributed by atoms with Crippen molar-refractivity contribution in [2.75, 3.05) is 33.0 Å². The number of carbonyl (C=O) groups is 1. The molecule has 17 N–H and O–H groups in total. The molecule has 0 radical (unpaired) electrons. The van der Waals surface area contributed by atoms with E-state index in [0.29, 0.717) is 57.8 Å². The number of hydrogen-bond donors (Lipinski definition) is 17. The van der Waals surface area contributed by atoms with Crippen LogP contribution in [0.4, 0.5) is 0 Å². The second kappa shape index (κ2) is 27.5. The zero-order chi connectivity index (χ0) is 68.4. The van der Waals surface area contributed by atoms with E-state index in [4.69, 9.17) is 56.8 Å². The highest BCUT2D eigenvalue weighted by Gasteiger charge is 2.71. The molecule has 0 amide bonds. The zero-order valence-electron chi connectivity index (χ0n) is 54.6. The molecular formula is C64H104O30. The van der Waals surface area contributed by atoms with Crippen molar-refractivity contribution >= 4 is 5.97 Å². The minimum atomic E-state index is -1.92. The summed E-state index contributed by atoms with van der Waals surface area (Å²) in [7, 11) is 0. The van der Waals surface area contributed by atoms with Crippen molar-refractivity contribution in [3.05, 3.63) is 11.6 Å². The Labute approximate surface area is 545 Å². The predicted octanol–water partition coefficient (Wildman–Crippen LogP) is -4.08. The molecule has 540 valence electrons. The summed E-state index contributed by atoms with van der Waals surface area (Å²) in [4.78, 5) is 15.3. The monoisotopic (exact) mass is 1350 g/mol. The van der Waals surface area contributed by atoms with Crippen molar-refractivity contribution in [2.24, 2.45) is 50.2 Å². The summed E-state index contributed by atoms with van der Waals surface area (Å²) in [6.07, 6.45) is -37.4. The van der Waals surface area contributed by atoms with Gasteiger partial charge in [0, 0.05) is 5.41 Å². The number of rotatable bonds is 15. The largest absolute Gasteiger partial charge is 0.432 e. The molecule has 0 bridgehead atoms. The molecule has 11 aliphatic rings. The fourth-order valence-corrected chi connectivity index (χ4v) is 18.7. The molecule has 6 aliphatic heterocycles. The van der Waals surface area contributed by atoms with Crippen molar-refractivity contribution in [1.82, 2.24) is 0 Å². The van der Waals surface area contributed by atoms with Crippen LogP contribution in [0, 0.1) is 50.2 Å². The SMILES string of the molecule is C[C@H]1O[C@H](O[C@H]2[C@@H](O)[C@H](O)[C@@H](OC[C@H]3O[C@H](OC(=O)[C@@]45CCC(C)(C)C[C@@H]4C4=CC[C@H]6[C@]7(C)CC[C@H](O[C@H]8OC[C@@H](O)[C@@H](O)[C@H]8O[C@H]8O[C@H](C)[C@@H](O)[C@@H](O[C@H]9OC[C@@H](O)[C@@H](O)[C@H]9O)[C@H]8O)[C@@](C)(CO)[C@H]7CC[C@]6(C)[C@]4(C)CC5)[C@@H](O)[C@@H](O)[C@H]3O)O[C@H]2CO)[C@@H](O)[C@@H](O)[C@H]1O. The van der Waals surface area contributed by atoms with Gasteiger partial charge in [-0.25, -0.2) is 0 Å². The van der Waals surface area contributed by atoms with Crippen LogP contribution in [0.2, 0.25) is 0 Å². The van der Waals surface area contributed by atoms with Gasteiger partial charge >= 0.3 is 5.97 Å². The molecule has 5 aliphatic carbocycles. The first-order valence-electron chi connectivity index (χ1n) is 33.5. The van der Waals surface area contributed by atoms with E-state index in [0.717, 1.165) is 12.0 Å². The summed E-state index contributed by atoms with van der Waals surface area (Å²) in [6.45, 7) is 13.7. The standard InChI is InChI=1S/C64H104O30/c1-25-36(69)41(74)45(78)54(86-25)91-49-31(20-65)88-52(47(80)43(49)76)85-23-32-40(73)42(75)46(79)55(89-32)94-58(82)64-17-15-59(3,4)19-28(64)27-9-10-34-60(5)13-12-35(61(6,24-66)33(60)11-14-63(34,8)62(27,7)16-18-64)90-57-51(39(72)30(68)22-84-57)93-56-48(81)50(37(70)26(2)87-56)92-53-44(77)38(71)29(67)21-83-53/h9,25-26,28-57,65-81H,10-24H2,1-8H3/t25-,26-,28-,29-,30-,31+,32-,33+,34+,35+,36+,37-,38-,39-,40+,41+,42+,43+,44-,45+,46+,47+,48-,49-,50-,51-,52+,53-,54-,55-,56-,57-,60-,61+,62-,63+,64-/m1/s1. The molecule has 11 rings (SSSR count). The topological polar surface area (TPSA) is 472 Å². The van der Waals surface area contributed by atoms with E-state index in [9.17, 15) is 86.8 Å². The number of hydrogen-bond acceptors (Lipinski definition) is 30. The highest BCUT2D eigenvalue weighted by atomic mass is 16.8. The van der Waals surface area contributed by atoms with Gasteiger partial charge < -0.3 is 144 Å². The number of allylic oxidation sites excluding steroid dienone is 2. The van der Waals surface area contributed by atoms with Gasteiger partial charge in [-0.3, -0.25) is 4.79 Å². The first kappa shape index (κ1) is 73.3. The quantitative estimate of drug-likeness (QED) is 0.0421. The van der Waals surface area contributed by atoms with Gasteiger partial charge in [0.15, 0.2) is 31.5 Å². The average Bonchev–Trinajstić information content (AvgIpc) is 0.676. The normalized spacial score (nSPS) is 55.3. The van der Waals surface area contributed by atoms with Crippen LogP contribution in [-0.4, -0.2) is 304 Å². The van der Waals surface area contributed by atoms with Crippen LogP contribution in [0.5, 0.6) is 0 Å². The molecule has 0 aromatic heterocycles. The van der Waals surface area contributed by atoms with Crippen LogP contribution in [-0.2, 0) is 61.6 Å². The minimum absolute atomic E-state index is 0.0747. The van der Waals surface area contributed by atoms with E-state index < -0.39 is 220 Å². The molecule has 10 fully saturated rings. The van der Waals surface area contributed by atoms with Gasteiger partial charge in [0.25, 0.3) is 0 Å². The lowest BCUT2D eigenvalue weighted by Crippen LogP contribution is -2.67. The number of carbonyl (C=O) groups excluding carboxylic acids is 1. The Hall–Kier alpha value is -1.91. The van der Waals surface area contributed by atoms with E-state index in [2.05, 4.69) is 40.7 Å². The van der Waals surface area contributed by atoms with Crippen LogP contribution in [0.25, 0.3) is 0 Å². The Morgan fingerprint density at radius 3 is 1.77 bits per heavy atom. The summed E-state index contributed by atoms with van der Waals surface area (Å²) < 4.78 is 71.3. The first-order valence-corrected chi connectivity index (χ1v) is 33.5. The van der Waals surface area contributed by atoms with Gasteiger partial charge in [-0.1, -0.05) is 53.2 Å². The third-order valence-corrected chi connectivity index (χ3v) is 24.9. The summed E-state index contributed by atoms with van der Waals surface area (Å²) in [5.41, 5.74) is -2.22. The second-order valence-corrected chi connectivity index (χ2v) is 30.8. The molecule has 94 heavy (non-hydrogen) atoms. The summed E-state index contributed by atoms with van der Waals surface area (Å²) in [5, 5.41) is 185. The van der Waals surface area contributed by atoms with E-state index >= 15 is 4.79 Å². The molecule has 6 heterocycles. The van der Waals surface area contributed by atoms with Crippen molar-refractivity contribution in [3.8, 4) is 0 Å². The molecule has 4 saturated carbocycles. The Bertz CT molecular complexity index is 2640. The van der Waals surface area contributed by atoms with Crippen molar-refractivity contribution in [2.45, 2.75) is 298 Å². The minimum Gasteiger partial charge on any atom is -0.432 e. The fraction of sp³-hybridized carbons (Fsp3) is 0.953. The molecule has 37 atom stereocenters. The molecule has 30 nitrogen and oxygen atoms in total. The highest BCUT2D eigenvalue weighted by molar-refractivity contribution is 5.79. The van der Waals surface area contributed by atoms with Gasteiger partial charge in [0.2, 0.25) is 6.29 Å². The maximum Gasteiger partial charge on any atom is 0.315 e. The molecule has 0 spiro atoms. The number of aliphatic hydroxyl groups is 17. The fourth-order valence-electron chi connectivity index (χ4n) is 18.7. The molecule has 0 aromatic rings. The van der Waals surface area contributed by atoms with Gasteiger partial charge in [0.1, 0.15) is 122 Å². The Kier molecular flexibility index (Phi) is 21.4. The lowest BCUT2D eigenvalue weighted by molar-refractivity contribution is -0.379. The first-order chi connectivity index (χ1) is 44.1. The average molecular weight is 1350 g/mol. The van der Waals surface area contributed by atoms with Crippen molar-refractivity contribution in [3.63, 3.8) is 0 Å².